The topological polar surface area (TPSA) is 70.7 Å². The van der Waals surface area contributed by atoms with Gasteiger partial charge in [-0.25, -0.2) is 0 Å². The Labute approximate surface area is 196 Å². The molecule has 0 saturated heterocycles. The van der Waals surface area contributed by atoms with E-state index in [4.69, 9.17) is 4.74 Å². The SMILES string of the molecule is COc1ccc(NC(=O)CN2c3ccccc3NC3=C(C(=O)CCC3)[C@H]2c2cccs2)cc1. The number of nitrogens with zero attached hydrogens (tertiary/aromatic N) is 1. The minimum Gasteiger partial charge on any atom is -0.497 e. The van der Waals surface area contributed by atoms with Gasteiger partial charge < -0.3 is 20.3 Å². The number of hydrogen-bond donors (Lipinski definition) is 2. The molecule has 1 aliphatic carbocycles. The van der Waals surface area contributed by atoms with E-state index in [2.05, 4.69) is 15.5 Å². The minimum absolute atomic E-state index is 0.108. The molecule has 1 aromatic heterocycles. The molecule has 2 aromatic carbocycles. The zero-order chi connectivity index (χ0) is 22.8. The molecule has 0 spiro atoms. The number of para-hydroxylation sites is 2. The van der Waals surface area contributed by atoms with E-state index >= 15 is 0 Å². The third-order valence-corrected chi connectivity index (χ3v) is 6.97. The first-order valence-electron chi connectivity index (χ1n) is 11.0. The summed E-state index contributed by atoms with van der Waals surface area (Å²) in [5, 5.41) is 8.53. The molecule has 6 nitrogen and oxygen atoms in total. The number of thiophene rings is 1. The van der Waals surface area contributed by atoms with Crippen molar-refractivity contribution in [3.05, 3.63) is 82.2 Å². The van der Waals surface area contributed by atoms with E-state index in [0.29, 0.717) is 12.1 Å². The monoisotopic (exact) mass is 459 g/mol. The van der Waals surface area contributed by atoms with Crippen molar-refractivity contribution in [3.8, 4) is 5.75 Å². The molecule has 1 atom stereocenters. The number of methoxy groups -OCH3 is 1. The molecule has 33 heavy (non-hydrogen) atoms. The van der Waals surface area contributed by atoms with Crippen LogP contribution < -0.4 is 20.3 Å². The fraction of sp³-hybridized carbons (Fsp3) is 0.231. The highest BCUT2D eigenvalue weighted by atomic mass is 32.1. The number of hydrogen-bond acceptors (Lipinski definition) is 6. The summed E-state index contributed by atoms with van der Waals surface area (Å²) in [5.74, 6) is 0.730. The van der Waals surface area contributed by atoms with E-state index in [-0.39, 0.29) is 24.3 Å². The Morgan fingerprint density at radius 3 is 2.70 bits per heavy atom. The number of Topliss-reactive ketones (excluding diaryl/α,β-unsaturated/α-hetero) is 1. The molecule has 2 N–H and O–H groups in total. The fourth-order valence-electron chi connectivity index (χ4n) is 4.55. The molecule has 0 bridgehead atoms. The maximum atomic E-state index is 13.2. The second-order valence-corrected chi connectivity index (χ2v) is 9.11. The van der Waals surface area contributed by atoms with Crippen molar-refractivity contribution in [2.75, 3.05) is 29.2 Å². The van der Waals surface area contributed by atoms with Gasteiger partial charge >= 0.3 is 0 Å². The molecule has 2 heterocycles. The summed E-state index contributed by atoms with van der Waals surface area (Å²) in [6.07, 6.45) is 2.19. The van der Waals surface area contributed by atoms with E-state index in [1.807, 2.05) is 66.0 Å². The number of rotatable bonds is 5. The fourth-order valence-corrected chi connectivity index (χ4v) is 5.39. The third kappa shape index (κ3) is 4.24. The number of anilines is 3. The van der Waals surface area contributed by atoms with Crippen LogP contribution in [0.4, 0.5) is 17.1 Å². The maximum absolute atomic E-state index is 13.2. The molecular formula is C26H25N3O3S. The largest absolute Gasteiger partial charge is 0.497 e. The van der Waals surface area contributed by atoms with Crippen LogP contribution in [-0.2, 0) is 9.59 Å². The van der Waals surface area contributed by atoms with Gasteiger partial charge in [-0.2, -0.15) is 0 Å². The molecule has 2 aliphatic rings. The summed E-state index contributed by atoms with van der Waals surface area (Å²) in [5.41, 5.74) is 4.26. The highest BCUT2D eigenvalue weighted by molar-refractivity contribution is 7.10. The molecular weight excluding hydrogens is 434 g/mol. The van der Waals surface area contributed by atoms with Gasteiger partial charge in [0.05, 0.1) is 31.1 Å². The molecule has 0 fully saturated rings. The highest BCUT2D eigenvalue weighted by Crippen LogP contribution is 2.45. The van der Waals surface area contributed by atoms with Gasteiger partial charge in [-0.3, -0.25) is 9.59 Å². The van der Waals surface area contributed by atoms with E-state index in [9.17, 15) is 9.59 Å². The van der Waals surface area contributed by atoms with Crippen LogP contribution in [0.2, 0.25) is 0 Å². The second-order valence-electron chi connectivity index (χ2n) is 8.13. The van der Waals surface area contributed by atoms with Crippen LogP contribution in [0.25, 0.3) is 0 Å². The lowest BCUT2D eigenvalue weighted by Gasteiger charge is -2.34. The summed E-state index contributed by atoms with van der Waals surface area (Å²) in [6, 6.07) is 18.9. The molecule has 0 radical (unpaired) electrons. The normalized spacial score (nSPS) is 17.5. The Balaban J connectivity index is 1.54. The zero-order valence-corrected chi connectivity index (χ0v) is 19.2. The van der Waals surface area contributed by atoms with Crippen LogP contribution in [0.1, 0.15) is 30.2 Å². The number of benzene rings is 2. The van der Waals surface area contributed by atoms with Crippen molar-refractivity contribution in [1.82, 2.24) is 0 Å². The van der Waals surface area contributed by atoms with Crippen molar-refractivity contribution in [1.29, 1.82) is 0 Å². The molecule has 1 aliphatic heterocycles. The lowest BCUT2D eigenvalue weighted by molar-refractivity contribution is -0.117. The third-order valence-electron chi connectivity index (χ3n) is 6.04. The minimum atomic E-state index is -0.314. The highest BCUT2D eigenvalue weighted by Gasteiger charge is 2.37. The predicted octanol–water partition coefficient (Wildman–Crippen LogP) is 5.38. The summed E-state index contributed by atoms with van der Waals surface area (Å²) < 4.78 is 5.20. The van der Waals surface area contributed by atoms with Gasteiger partial charge in [0.1, 0.15) is 5.75 Å². The predicted molar refractivity (Wildman–Crippen MR) is 132 cm³/mol. The van der Waals surface area contributed by atoms with Crippen molar-refractivity contribution < 1.29 is 14.3 Å². The average molecular weight is 460 g/mol. The van der Waals surface area contributed by atoms with Crippen molar-refractivity contribution in [2.24, 2.45) is 0 Å². The number of ketones is 1. The van der Waals surface area contributed by atoms with Gasteiger partial charge in [-0.1, -0.05) is 18.2 Å². The Bertz CT molecular complexity index is 1200. The molecule has 7 heteroatoms. The molecule has 3 aromatic rings. The number of amides is 1. The Kier molecular flexibility index (Phi) is 5.88. The van der Waals surface area contributed by atoms with Crippen LogP contribution in [0.5, 0.6) is 5.75 Å². The molecule has 1 amide bonds. The number of nitrogens with one attached hydrogen (secondary N) is 2. The lowest BCUT2D eigenvalue weighted by Crippen LogP contribution is -2.38. The summed E-state index contributed by atoms with van der Waals surface area (Å²) in [4.78, 5) is 29.5. The number of carbonyl (C=O) groups excluding carboxylic acids is 2. The molecule has 0 saturated carbocycles. The van der Waals surface area contributed by atoms with Crippen molar-refractivity contribution in [3.63, 3.8) is 0 Å². The number of carbonyl (C=O) groups is 2. The summed E-state index contributed by atoms with van der Waals surface area (Å²) >= 11 is 1.61. The Morgan fingerprint density at radius 2 is 1.94 bits per heavy atom. The van der Waals surface area contributed by atoms with E-state index < -0.39 is 0 Å². The van der Waals surface area contributed by atoms with Crippen LogP contribution in [0.15, 0.2) is 77.3 Å². The van der Waals surface area contributed by atoms with Crippen molar-refractivity contribution in [2.45, 2.75) is 25.3 Å². The molecule has 0 unspecified atom stereocenters. The van der Waals surface area contributed by atoms with Gasteiger partial charge in [-0.15, -0.1) is 11.3 Å². The number of ether oxygens (including phenoxy) is 1. The van der Waals surface area contributed by atoms with Crippen LogP contribution >= 0.6 is 11.3 Å². The molecule has 5 rings (SSSR count). The summed E-state index contributed by atoms with van der Waals surface area (Å²) in [7, 11) is 1.61. The summed E-state index contributed by atoms with van der Waals surface area (Å²) in [6.45, 7) is 0.108. The standard InChI is InChI=1S/C26H25N3O3S/c1-32-18-13-11-17(12-14-18)27-24(31)16-29-21-8-3-2-6-19(21)28-20-7-4-9-22(30)25(20)26(29)23-10-5-15-33-23/h2-3,5-6,8,10-15,26,28H,4,7,9,16H2,1H3,(H,27,31)/t26-/m1/s1. The second kappa shape index (κ2) is 9.11. The van der Waals surface area contributed by atoms with Crippen LogP contribution in [-0.4, -0.2) is 25.3 Å². The maximum Gasteiger partial charge on any atom is 0.243 e. The van der Waals surface area contributed by atoms with E-state index in [1.54, 1.807) is 18.4 Å². The lowest BCUT2D eigenvalue weighted by atomic mass is 9.88. The number of allylic oxidation sites excluding steroid dienone is 1. The van der Waals surface area contributed by atoms with Crippen LogP contribution in [0.3, 0.4) is 0 Å². The first kappa shape index (κ1) is 21.3. The van der Waals surface area contributed by atoms with Gasteiger partial charge in [0, 0.05) is 28.3 Å². The zero-order valence-electron chi connectivity index (χ0n) is 18.3. The number of fused-ring (bicyclic) bond motifs is 1. The van der Waals surface area contributed by atoms with Gasteiger partial charge in [0.15, 0.2) is 5.78 Å². The smallest absolute Gasteiger partial charge is 0.243 e. The Morgan fingerprint density at radius 1 is 1.12 bits per heavy atom. The van der Waals surface area contributed by atoms with E-state index in [0.717, 1.165) is 46.1 Å². The van der Waals surface area contributed by atoms with Gasteiger partial charge in [0.2, 0.25) is 5.91 Å². The van der Waals surface area contributed by atoms with Gasteiger partial charge in [0.25, 0.3) is 0 Å². The van der Waals surface area contributed by atoms with Gasteiger partial charge in [-0.05, 0) is 60.7 Å². The van der Waals surface area contributed by atoms with Crippen molar-refractivity contribution >= 4 is 40.1 Å². The van der Waals surface area contributed by atoms with Crippen LogP contribution in [0, 0.1) is 0 Å². The quantitative estimate of drug-likeness (QED) is 0.536. The van der Waals surface area contributed by atoms with E-state index in [1.165, 1.54) is 0 Å². The first-order chi connectivity index (χ1) is 16.1. The Hall–Kier alpha value is -3.58. The molecule has 168 valence electrons. The average Bonchev–Trinajstić information content (AvgIpc) is 3.31. The first-order valence-corrected chi connectivity index (χ1v) is 11.9.